The van der Waals surface area contributed by atoms with Gasteiger partial charge in [0.25, 0.3) is 0 Å². The lowest BCUT2D eigenvalue weighted by Gasteiger charge is -2.13. The summed E-state index contributed by atoms with van der Waals surface area (Å²) in [5.74, 6) is 1.51. The molecule has 138 valence electrons. The molecule has 2 N–H and O–H groups in total. The van der Waals surface area contributed by atoms with Crippen molar-refractivity contribution in [2.45, 2.75) is 20.8 Å². The summed E-state index contributed by atoms with van der Waals surface area (Å²) >= 11 is 0. The van der Waals surface area contributed by atoms with Crippen LogP contribution in [0.4, 0.5) is 23.0 Å². The molecular formula is C21H22N4O2. The van der Waals surface area contributed by atoms with E-state index in [9.17, 15) is 4.79 Å². The van der Waals surface area contributed by atoms with E-state index >= 15 is 0 Å². The van der Waals surface area contributed by atoms with Gasteiger partial charge in [0.05, 0.1) is 17.9 Å². The third kappa shape index (κ3) is 4.82. The zero-order valence-electron chi connectivity index (χ0n) is 15.6. The minimum absolute atomic E-state index is 0.324. The van der Waals surface area contributed by atoms with E-state index in [1.165, 1.54) is 0 Å². The summed E-state index contributed by atoms with van der Waals surface area (Å²) in [6.07, 6.45) is 0. The van der Waals surface area contributed by atoms with Crippen molar-refractivity contribution in [1.29, 1.82) is 0 Å². The van der Waals surface area contributed by atoms with Gasteiger partial charge in [0.2, 0.25) is 0 Å². The van der Waals surface area contributed by atoms with Gasteiger partial charge in [0.1, 0.15) is 17.5 Å². The summed E-state index contributed by atoms with van der Waals surface area (Å²) in [5, 5.41) is 6.48. The molecule has 0 aliphatic heterocycles. The Kier molecular flexibility index (Phi) is 5.66. The van der Waals surface area contributed by atoms with E-state index in [-0.39, 0.29) is 5.97 Å². The van der Waals surface area contributed by atoms with E-state index in [0.717, 1.165) is 11.3 Å². The van der Waals surface area contributed by atoms with Gasteiger partial charge in [-0.15, -0.1) is 0 Å². The standard InChI is InChI=1S/C21H22N4O2/c1-4-27-21(26)17-10-5-6-11-18(17)25-20-13-19(22-15(3)23-20)24-16-9-7-8-14(2)12-16/h5-13H,4H2,1-3H3,(H2,22,23,24,25). The highest BCUT2D eigenvalue weighted by Gasteiger charge is 2.13. The van der Waals surface area contributed by atoms with Crippen molar-refractivity contribution < 1.29 is 9.53 Å². The van der Waals surface area contributed by atoms with Crippen molar-refractivity contribution in [1.82, 2.24) is 9.97 Å². The van der Waals surface area contributed by atoms with Crippen LogP contribution in [0.2, 0.25) is 0 Å². The highest BCUT2D eigenvalue weighted by Crippen LogP contribution is 2.23. The number of nitrogens with zero attached hydrogens (tertiary/aromatic N) is 2. The van der Waals surface area contributed by atoms with Crippen LogP contribution in [0.3, 0.4) is 0 Å². The van der Waals surface area contributed by atoms with Crippen LogP contribution in [0.15, 0.2) is 54.6 Å². The fourth-order valence-corrected chi connectivity index (χ4v) is 2.68. The number of rotatable bonds is 6. The first-order chi connectivity index (χ1) is 13.0. The smallest absolute Gasteiger partial charge is 0.340 e. The molecule has 1 aromatic heterocycles. The van der Waals surface area contributed by atoms with Crippen LogP contribution in [-0.2, 0) is 4.74 Å². The Morgan fingerprint density at radius 1 is 0.963 bits per heavy atom. The van der Waals surface area contributed by atoms with Crippen LogP contribution in [0.5, 0.6) is 0 Å². The highest BCUT2D eigenvalue weighted by molar-refractivity contribution is 5.96. The van der Waals surface area contributed by atoms with Gasteiger partial charge < -0.3 is 15.4 Å². The van der Waals surface area contributed by atoms with E-state index in [1.54, 1.807) is 25.1 Å². The molecule has 0 spiro atoms. The van der Waals surface area contributed by atoms with Gasteiger partial charge in [0, 0.05) is 11.8 Å². The summed E-state index contributed by atoms with van der Waals surface area (Å²) in [4.78, 5) is 21.0. The molecule has 3 aromatic rings. The predicted molar refractivity (Wildman–Crippen MR) is 107 cm³/mol. The maximum absolute atomic E-state index is 12.2. The maximum atomic E-state index is 12.2. The molecule has 6 heteroatoms. The zero-order valence-corrected chi connectivity index (χ0v) is 15.6. The number of benzene rings is 2. The molecule has 0 amide bonds. The normalized spacial score (nSPS) is 10.3. The van der Waals surface area contributed by atoms with Crippen LogP contribution < -0.4 is 10.6 Å². The van der Waals surface area contributed by atoms with E-state index in [4.69, 9.17) is 4.74 Å². The average Bonchev–Trinajstić information content (AvgIpc) is 2.62. The van der Waals surface area contributed by atoms with E-state index in [1.807, 2.05) is 50.2 Å². The van der Waals surface area contributed by atoms with Gasteiger partial charge in [0.15, 0.2) is 0 Å². The summed E-state index contributed by atoms with van der Waals surface area (Å²) < 4.78 is 5.12. The first kappa shape index (κ1) is 18.4. The summed E-state index contributed by atoms with van der Waals surface area (Å²) in [6.45, 7) is 5.97. The number of anilines is 4. The van der Waals surface area contributed by atoms with Gasteiger partial charge in [-0.1, -0.05) is 24.3 Å². The molecule has 0 aliphatic carbocycles. The SMILES string of the molecule is CCOC(=O)c1ccccc1Nc1cc(Nc2cccc(C)c2)nc(C)n1. The second-order valence-electron chi connectivity index (χ2n) is 6.07. The first-order valence-electron chi connectivity index (χ1n) is 8.77. The van der Waals surface area contributed by atoms with Crippen LogP contribution in [0.25, 0.3) is 0 Å². The minimum atomic E-state index is -0.371. The Morgan fingerprint density at radius 3 is 2.44 bits per heavy atom. The monoisotopic (exact) mass is 362 g/mol. The van der Waals surface area contributed by atoms with Gasteiger partial charge in [-0.05, 0) is 50.6 Å². The number of hydrogen-bond acceptors (Lipinski definition) is 6. The summed E-state index contributed by atoms with van der Waals surface area (Å²) in [6, 6.07) is 17.0. The number of para-hydroxylation sites is 1. The molecule has 2 aromatic carbocycles. The lowest BCUT2D eigenvalue weighted by Crippen LogP contribution is -2.09. The Labute approximate surface area is 158 Å². The number of hydrogen-bond donors (Lipinski definition) is 2. The van der Waals surface area contributed by atoms with Crippen molar-refractivity contribution >= 4 is 29.0 Å². The Morgan fingerprint density at radius 2 is 1.70 bits per heavy atom. The zero-order chi connectivity index (χ0) is 19.2. The van der Waals surface area contributed by atoms with Gasteiger partial charge in [-0.2, -0.15) is 0 Å². The number of carbonyl (C=O) groups is 1. The average molecular weight is 362 g/mol. The fourth-order valence-electron chi connectivity index (χ4n) is 2.68. The molecule has 0 atom stereocenters. The number of carbonyl (C=O) groups excluding carboxylic acids is 1. The summed E-state index contributed by atoms with van der Waals surface area (Å²) in [5.41, 5.74) is 3.21. The van der Waals surface area contributed by atoms with Gasteiger partial charge in [-0.25, -0.2) is 14.8 Å². The van der Waals surface area contributed by atoms with Gasteiger partial charge >= 0.3 is 5.97 Å². The maximum Gasteiger partial charge on any atom is 0.340 e. The Balaban J connectivity index is 1.86. The van der Waals surface area contributed by atoms with E-state index in [2.05, 4.69) is 20.6 Å². The second-order valence-corrected chi connectivity index (χ2v) is 6.07. The summed E-state index contributed by atoms with van der Waals surface area (Å²) in [7, 11) is 0. The number of esters is 1. The number of nitrogens with one attached hydrogen (secondary N) is 2. The second kappa shape index (κ2) is 8.31. The number of ether oxygens (including phenoxy) is 1. The molecule has 0 radical (unpaired) electrons. The lowest BCUT2D eigenvalue weighted by atomic mass is 10.2. The quantitative estimate of drug-likeness (QED) is 0.616. The van der Waals surface area contributed by atoms with Crippen molar-refractivity contribution in [3.05, 3.63) is 71.5 Å². The molecule has 0 fully saturated rings. The van der Waals surface area contributed by atoms with E-state index < -0.39 is 0 Å². The molecule has 0 saturated carbocycles. The Hall–Kier alpha value is -3.41. The van der Waals surface area contributed by atoms with Crippen molar-refractivity contribution in [2.75, 3.05) is 17.2 Å². The van der Waals surface area contributed by atoms with Gasteiger partial charge in [-0.3, -0.25) is 0 Å². The van der Waals surface area contributed by atoms with Crippen molar-refractivity contribution in [3.8, 4) is 0 Å². The highest BCUT2D eigenvalue weighted by atomic mass is 16.5. The van der Waals surface area contributed by atoms with Crippen LogP contribution >= 0.6 is 0 Å². The predicted octanol–water partition coefficient (Wildman–Crippen LogP) is 4.76. The van der Waals surface area contributed by atoms with Crippen molar-refractivity contribution in [2.24, 2.45) is 0 Å². The molecule has 3 rings (SSSR count). The van der Waals surface area contributed by atoms with Crippen molar-refractivity contribution in [3.63, 3.8) is 0 Å². The van der Waals surface area contributed by atoms with Crippen LogP contribution in [0.1, 0.15) is 28.7 Å². The molecule has 0 bridgehead atoms. The molecular weight excluding hydrogens is 340 g/mol. The molecule has 27 heavy (non-hydrogen) atoms. The largest absolute Gasteiger partial charge is 0.462 e. The van der Waals surface area contributed by atoms with Crippen LogP contribution in [0, 0.1) is 13.8 Å². The fraction of sp³-hybridized carbons (Fsp3) is 0.190. The number of aromatic nitrogens is 2. The topological polar surface area (TPSA) is 76.1 Å². The minimum Gasteiger partial charge on any atom is -0.462 e. The first-order valence-corrected chi connectivity index (χ1v) is 8.77. The van der Waals surface area contributed by atoms with E-state index in [0.29, 0.717) is 35.3 Å². The van der Waals surface area contributed by atoms with Crippen LogP contribution in [-0.4, -0.2) is 22.5 Å². The molecule has 0 unspecified atom stereocenters. The third-order valence-electron chi connectivity index (χ3n) is 3.81. The number of aryl methyl sites for hydroxylation is 2. The molecule has 0 aliphatic rings. The Bertz CT molecular complexity index is 956. The molecule has 1 heterocycles. The lowest BCUT2D eigenvalue weighted by molar-refractivity contribution is 0.0527. The molecule has 0 saturated heterocycles. The third-order valence-corrected chi connectivity index (χ3v) is 3.81. The molecule has 6 nitrogen and oxygen atoms in total.